The number of rotatable bonds is 5. The summed E-state index contributed by atoms with van der Waals surface area (Å²) in [7, 11) is 0. The topological polar surface area (TPSA) is 42.7 Å². The molecule has 0 aliphatic heterocycles. The molecule has 0 aromatic carbocycles. The Morgan fingerprint density at radius 3 is 2.61 bits per heavy atom. The zero-order valence-electron chi connectivity index (χ0n) is 11.4. The molecule has 4 nitrogen and oxygen atoms in total. The van der Waals surface area contributed by atoms with Crippen molar-refractivity contribution in [2.75, 3.05) is 5.32 Å². The summed E-state index contributed by atoms with van der Waals surface area (Å²) in [6.45, 7) is 10.4. The van der Waals surface area contributed by atoms with E-state index in [0.29, 0.717) is 0 Å². The molecule has 0 atom stereocenters. The number of nitrogens with zero attached hydrogens (tertiary/aromatic N) is 3. The van der Waals surface area contributed by atoms with Gasteiger partial charge in [-0.15, -0.1) is 10.2 Å². The van der Waals surface area contributed by atoms with Crippen molar-refractivity contribution in [3.05, 3.63) is 28.0 Å². The van der Waals surface area contributed by atoms with Crippen LogP contribution in [0.5, 0.6) is 0 Å². The van der Waals surface area contributed by atoms with Crippen molar-refractivity contribution in [2.45, 2.75) is 47.2 Å². The normalized spacial score (nSPS) is 10.9. The standard InChI is InChI=1S/C13H20N4S/c1-5-12-15-16-13(18-12)14-8-11-7-9(3)17(6-2)10(11)4/h7H,5-6,8H2,1-4H3,(H,14,16). The first kappa shape index (κ1) is 13.1. The maximum Gasteiger partial charge on any atom is 0.205 e. The molecular weight excluding hydrogens is 244 g/mol. The van der Waals surface area contributed by atoms with Crippen molar-refractivity contribution in [1.82, 2.24) is 14.8 Å². The molecule has 0 spiro atoms. The number of hydrogen-bond acceptors (Lipinski definition) is 4. The minimum atomic E-state index is 0.817. The highest BCUT2D eigenvalue weighted by atomic mass is 32.1. The maximum absolute atomic E-state index is 4.13. The molecule has 0 saturated heterocycles. The largest absolute Gasteiger partial charge is 0.356 e. The fraction of sp³-hybridized carbons (Fsp3) is 0.538. The fourth-order valence-electron chi connectivity index (χ4n) is 2.18. The SMILES string of the molecule is CCc1nnc(NCc2cc(C)n(CC)c2C)s1. The van der Waals surface area contributed by atoms with Gasteiger partial charge in [0.05, 0.1) is 0 Å². The first-order valence-corrected chi connectivity index (χ1v) is 7.19. The Hall–Kier alpha value is -1.36. The summed E-state index contributed by atoms with van der Waals surface area (Å²) >= 11 is 1.63. The van der Waals surface area contributed by atoms with E-state index in [2.05, 4.69) is 53.8 Å². The quantitative estimate of drug-likeness (QED) is 0.902. The van der Waals surface area contributed by atoms with Crippen molar-refractivity contribution >= 4 is 16.5 Å². The summed E-state index contributed by atoms with van der Waals surface area (Å²) in [5.74, 6) is 0. The molecule has 0 aliphatic rings. The number of hydrogen-bond donors (Lipinski definition) is 1. The monoisotopic (exact) mass is 264 g/mol. The van der Waals surface area contributed by atoms with Crippen molar-refractivity contribution in [2.24, 2.45) is 0 Å². The molecule has 2 heterocycles. The number of aromatic nitrogens is 3. The molecule has 5 heteroatoms. The summed E-state index contributed by atoms with van der Waals surface area (Å²) in [4.78, 5) is 0. The van der Waals surface area contributed by atoms with Crippen LogP contribution in [0.15, 0.2) is 6.07 Å². The van der Waals surface area contributed by atoms with E-state index in [1.54, 1.807) is 11.3 Å². The molecule has 2 aromatic rings. The fourth-order valence-corrected chi connectivity index (χ4v) is 2.85. The smallest absolute Gasteiger partial charge is 0.205 e. The lowest BCUT2D eigenvalue weighted by Crippen LogP contribution is -2.02. The highest BCUT2D eigenvalue weighted by Crippen LogP contribution is 2.19. The molecule has 0 unspecified atom stereocenters. The predicted octanol–water partition coefficient (Wildman–Crippen LogP) is 3.15. The van der Waals surface area contributed by atoms with E-state index in [0.717, 1.165) is 29.6 Å². The van der Waals surface area contributed by atoms with Gasteiger partial charge in [-0.2, -0.15) is 0 Å². The van der Waals surface area contributed by atoms with Crippen LogP contribution in [0.1, 0.15) is 35.8 Å². The third-order valence-corrected chi connectivity index (χ3v) is 4.22. The molecule has 0 saturated carbocycles. The molecule has 2 rings (SSSR count). The average molecular weight is 264 g/mol. The van der Waals surface area contributed by atoms with E-state index < -0.39 is 0 Å². The second-order valence-corrected chi connectivity index (χ2v) is 5.41. The Balaban J connectivity index is 2.06. The Bertz CT molecular complexity index is 527. The third kappa shape index (κ3) is 2.56. The Morgan fingerprint density at radius 1 is 1.28 bits per heavy atom. The summed E-state index contributed by atoms with van der Waals surface area (Å²) in [5.41, 5.74) is 3.99. The van der Waals surface area contributed by atoms with Gasteiger partial charge < -0.3 is 9.88 Å². The van der Waals surface area contributed by atoms with Gasteiger partial charge in [0.25, 0.3) is 0 Å². The van der Waals surface area contributed by atoms with Crippen LogP contribution >= 0.6 is 11.3 Å². The van der Waals surface area contributed by atoms with Crippen molar-refractivity contribution in [3.8, 4) is 0 Å². The maximum atomic E-state index is 4.13. The zero-order valence-corrected chi connectivity index (χ0v) is 12.3. The molecule has 0 aliphatic carbocycles. The first-order valence-electron chi connectivity index (χ1n) is 6.37. The van der Waals surface area contributed by atoms with E-state index >= 15 is 0 Å². The Labute approximate surface area is 112 Å². The van der Waals surface area contributed by atoms with E-state index in [9.17, 15) is 0 Å². The van der Waals surface area contributed by atoms with Crippen molar-refractivity contribution < 1.29 is 0 Å². The van der Waals surface area contributed by atoms with Gasteiger partial charge in [-0.25, -0.2) is 0 Å². The predicted molar refractivity (Wildman–Crippen MR) is 76.2 cm³/mol. The number of anilines is 1. The third-order valence-electron chi connectivity index (χ3n) is 3.19. The minimum Gasteiger partial charge on any atom is -0.356 e. The van der Waals surface area contributed by atoms with Crippen molar-refractivity contribution in [1.29, 1.82) is 0 Å². The molecule has 0 amide bonds. The minimum absolute atomic E-state index is 0.817. The van der Waals surface area contributed by atoms with Gasteiger partial charge in [0.2, 0.25) is 5.13 Å². The first-order chi connectivity index (χ1) is 8.65. The second kappa shape index (κ2) is 5.52. The van der Waals surface area contributed by atoms with Gasteiger partial charge in [0.15, 0.2) is 0 Å². The highest BCUT2D eigenvalue weighted by Gasteiger charge is 2.08. The molecule has 98 valence electrons. The van der Waals surface area contributed by atoms with Crippen LogP contribution in [-0.2, 0) is 19.5 Å². The summed E-state index contributed by atoms with van der Waals surface area (Å²) in [6.07, 6.45) is 0.948. The molecule has 18 heavy (non-hydrogen) atoms. The van der Waals surface area contributed by atoms with Crippen LogP contribution in [-0.4, -0.2) is 14.8 Å². The summed E-state index contributed by atoms with van der Waals surface area (Å²) in [5, 5.41) is 13.6. The lowest BCUT2D eigenvalue weighted by atomic mass is 10.2. The van der Waals surface area contributed by atoms with Gasteiger partial charge in [0.1, 0.15) is 5.01 Å². The number of nitrogens with one attached hydrogen (secondary N) is 1. The molecular formula is C13H20N4S. The van der Waals surface area contributed by atoms with Crippen LogP contribution in [0.4, 0.5) is 5.13 Å². The van der Waals surface area contributed by atoms with Crippen LogP contribution < -0.4 is 5.32 Å². The second-order valence-electron chi connectivity index (χ2n) is 4.35. The van der Waals surface area contributed by atoms with Gasteiger partial charge in [-0.3, -0.25) is 0 Å². The van der Waals surface area contributed by atoms with Gasteiger partial charge in [-0.05, 0) is 38.8 Å². The molecule has 0 fully saturated rings. The summed E-state index contributed by atoms with van der Waals surface area (Å²) in [6, 6.07) is 2.24. The summed E-state index contributed by atoms with van der Waals surface area (Å²) < 4.78 is 2.33. The van der Waals surface area contributed by atoms with E-state index in [1.807, 2.05) is 0 Å². The lowest BCUT2D eigenvalue weighted by molar-refractivity contribution is 0.715. The lowest BCUT2D eigenvalue weighted by Gasteiger charge is -2.06. The Morgan fingerprint density at radius 2 is 2.06 bits per heavy atom. The number of aryl methyl sites for hydroxylation is 2. The van der Waals surface area contributed by atoms with Crippen LogP contribution in [0.3, 0.4) is 0 Å². The Kier molecular flexibility index (Phi) is 4.01. The molecule has 1 N–H and O–H groups in total. The molecule has 0 radical (unpaired) electrons. The van der Waals surface area contributed by atoms with Gasteiger partial charge in [0, 0.05) is 24.5 Å². The average Bonchev–Trinajstić information content (AvgIpc) is 2.92. The van der Waals surface area contributed by atoms with E-state index in [1.165, 1.54) is 17.0 Å². The van der Waals surface area contributed by atoms with Crippen LogP contribution in [0.2, 0.25) is 0 Å². The van der Waals surface area contributed by atoms with E-state index in [-0.39, 0.29) is 0 Å². The zero-order chi connectivity index (χ0) is 13.1. The van der Waals surface area contributed by atoms with Crippen molar-refractivity contribution in [3.63, 3.8) is 0 Å². The van der Waals surface area contributed by atoms with Crippen LogP contribution in [0.25, 0.3) is 0 Å². The molecule has 0 bridgehead atoms. The van der Waals surface area contributed by atoms with Gasteiger partial charge >= 0.3 is 0 Å². The van der Waals surface area contributed by atoms with E-state index in [4.69, 9.17) is 0 Å². The van der Waals surface area contributed by atoms with Gasteiger partial charge in [-0.1, -0.05) is 18.3 Å². The highest BCUT2D eigenvalue weighted by molar-refractivity contribution is 7.15. The molecule has 2 aromatic heterocycles. The van der Waals surface area contributed by atoms with Crippen LogP contribution in [0, 0.1) is 13.8 Å².